The van der Waals surface area contributed by atoms with Crippen molar-refractivity contribution in [3.63, 3.8) is 0 Å². The van der Waals surface area contributed by atoms with Gasteiger partial charge in [0.05, 0.1) is 17.4 Å². The molecule has 32 heavy (non-hydrogen) atoms. The van der Waals surface area contributed by atoms with E-state index in [1.54, 1.807) is 35.2 Å². The lowest BCUT2D eigenvalue weighted by Crippen LogP contribution is -2.23. The third-order valence-electron chi connectivity index (χ3n) is 5.18. The predicted octanol–water partition coefficient (Wildman–Crippen LogP) is 4.36. The summed E-state index contributed by atoms with van der Waals surface area (Å²) in [6.45, 7) is 2.41. The molecular weight excluding hydrogens is 430 g/mol. The van der Waals surface area contributed by atoms with Crippen molar-refractivity contribution < 1.29 is 27.7 Å². The molecule has 3 aromatic carbocycles. The van der Waals surface area contributed by atoms with Gasteiger partial charge in [-0.15, -0.1) is 0 Å². The summed E-state index contributed by atoms with van der Waals surface area (Å²) in [5.74, 6) is -1.32. The topological polar surface area (TPSA) is 112 Å². The summed E-state index contributed by atoms with van der Waals surface area (Å²) in [6.07, 6.45) is 0.544. The summed E-state index contributed by atoms with van der Waals surface area (Å²) < 4.78 is 29.2. The molecule has 1 unspecified atom stereocenters. The van der Waals surface area contributed by atoms with Crippen molar-refractivity contribution in [2.24, 2.45) is 0 Å². The number of benzene rings is 3. The van der Waals surface area contributed by atoms with Crippen molar-refractivity contribution in [3.8, 4) is 0 Å². The summed E-state index contributed by atoms with van der Waals surface area (Å²) in [5.41, 5.74) is 3.32. The van der Waals surface area contributed by atoms with Gasteiger partial charge in [-0.3, -0.25) is 14.1 Å². The molecule has 1 atom stereocenters. The Hall–Kier alpha value is -3.49. The van der Waals surface area contributed by atoms with Crippen molar-refractivity contribution in [1.82, 2.24) is 0 Å². The Kier molecular flexibility index (Phi) is 7.07. The number of fused-ring (bicyclic) bond motifs is 1. The number of aliphatic carboxylic acids is 1. The van der Waals surface area contributed by atoms with Crippen LogP contribution >= 0.6 is 0 Å². The third kappa shape index (κ3) is 5.22. The van der Waals surface area contributed by atoms with Crippen molar-refractivity contribution in [1.29, 1.82) is 0 Å². The first kappa shape index (κ1) is 23.2. The maximum atomic E-state index is 12.4. The van der Waals surface area contributed by atoms with Gasteiger partial charge in [-0.25, -0.2) is 0 Å². The molecule has 1 heterocycles. The molecule has 1 aliphatic heterocycles. The molecule has 0 spiro atoms. The molecule has 0 aliphatic carbocycles. The van der Waals surface area contributed by atoms with E-state index in [2.05, 4.69) is 0 Å². The Labute approximate surface area is 186 Å². The minimum absolute atomic E-state index is 0.00590. The molecule has 166 valence electrons. The molecule has 0 aromatic heterocycles. The fourth-order valence-corrected chi connectivity index (χ4v) is 4.00. The average molecular weight is 454 g/mol. The fourth-order valence-electron chi connectivity index (χ4n) is 3.49. The zero-order chi connectivity index (χ0) is 23.3. The van der Waals surface area contributed by atoms with Crippen LogP contribution in [0.3, 0.4) is 0 Å². The molecule has 0 saturated carbocycles. The molecule has 2 N–H and O–H groups in total. The maximum Gasteiger partial charge on any atom is 0.310 e. The summed E-state index contributed by atoms with van der Waals surface area (Å²) in [6, 6.07) is 22.3. The van der Waals surface area contributed by atoms with Crippen LogP contribution < -0.4 is 4.90 Å². The van der Waals surface area contributed by atoms with Crippen molar-refractivity contribution in [2.75, 3.05) is 4.90 Å². The van der Waals surface area contributed by atoms with E-state index in [0.717, 1.165) is 22.4 Å². The van der Waals surface area contributed by atoms with Crippen LogP contribution in [0.2, 0.25) is 0 Å². The Bertz CT molecular complexity index is 1210. The number of hydrogen-bond donors (Lipinski definition) is 2. The minimum Gasteiger partial charge on any atom is -0.481 e. The van der Waals surface area contributed by atoms with E-state index >= 15 is 0 Å². The zero-order valence-electron chi connectivity index (χ0n) is 17.4. The Morgan fingerprint density at radius 3 is 2.06 bits per heavy atom. The Morgan fingerprint density at radius 2 is 1.56 bits per heavy atom. The number of nitrogens with zero attached hydrogens (tertiary/aromatic N) is 1. The van der Waals surface area contributed by atoms with Crippen LogP contribution in [0, 0.1) is 0 Å². The summed E-state index contributed by atoms with van der Waals surface area (Å²) in [4.78, 5) is 25.3. The molecule has 1 aliphatic rings. The standard InChI is InChI=1S/C18H17NO3.C6H6O3S/c1-2-15(18(21)22)12-7-9-14(10-8-12)19-11-13-5-3-4-6-16(13)17(19)20;7-10(8,9)6-4-2-1-3-5-6/h3-10,15H,2,11H2,1H3,(H,21,22);1-5H,(H,7,8,9). The lowest BCUT2D eigenvalue weighted by atomic mass is 9.96. The second-order valence-electron chi connectivity index (χ2n) is 7.23. The molecule has 0 bridgehead atoms. The van der Waals surface area contributed by atoms with E-state index in [-0.39, 0.29) is 10.8 Å². The van der Waals surface area contributed by atoms with Crippen molar-refractivity contribution in [2.45, 2.75) is 30.7 Å². The van der Waals surface area contributed by atoms with Crippen LogP contribution in [0.1, 0.15) is 40.7 Å². The Morgan fingerprint density at radius 1 is 0.969 bits per heavy atom. The molecule has 3 aromatic rings. The van der Waals surface area contributed by atoms with Gasteiger partial charge in [0.2, 0.25) is 0 Å². The van der Waals surface area contributed by atoms with E-state index in [9.17, 15) is 23.1 Å². The minimum atomic E-state index is -4.00. The highest BCUT2D eigenvalue weighted by molar-refractivity contribution is 7.85. The van der Waals surface area contributed by atoms with Crippen LogP contribution in [-0.2, 0) is 21.5 Å². The van der Waals surface area contributed by atoms with Crippen molar-refractivity contribution >= 4 is 27.7 Å². The van der Waals surface area contributed by atoms with E-state index in [0.29, 0.717) is 13.0 Å². The number of amides is 1. The predicted molar refractivity (Wildman–Crippen MR) is 120 cm³/mol. The summed E-state index contributed by atoms with van der Waals surface area (Å²) >= 11 is 0. The lowest BCUT2D eigenvalue weighted by molar-refractivity contribution is -0.138. The number of hydrogen-bond acceptors (Lipinski definition) is 4. The van der Waals surface area contributed by atoms with E-state index in [1.807, 2.05) is 43.3 Å². The molecule has 1 amide bonds. The number of anilines is 1. The fraction of sp³-hybridized carbons (Fsp3) is 0.167. The van der Waals surface area contributed by atoms with Gasteiger partial charge in [-0.1, -0.05) is 55.5 Å². The molecule has 7 nitrogen and oxygen atoms in total. The van der Waals surface area contributed by atoms with E-state index in [4.69, 9.17) is 4.55 Å². The van der Waals surface area contributed by atoms with Gasteiger partial charge < -0.3 is 10.0 Å². The maximum absolute atomic E-state index is 12.4. The van der Waals surface area contributed by atoms with Gasteiger partial charge in [0.25, 0.3) is 16.0 Å². The van der Waals surface area contributed by atoms with Crippen LogP contribution in [0.25, 0.3) is 0 Å². The molecule has 0 saturated heterocycles. The lowest BCUT2D eigenvalue weighted by Gasteiger charge is -2.17. The second-order valence-corrected chi connectivity index (χ2v) is 8.65. The van der Waals surface area contributed by atoms with Gasteiger partial charge in [-0.05, 0) is 47.9 Å². The molecule has 0 fully saturated rings. The summed E-state index contributed by atoms with van der Waals surface area (Å²) in [5, 5.41) is 9.20. The second kappa shape index (κ2) is 9.76. The SMILES string of the molecule is CCC(C(=O)O)c1ccc(N2Cc3ccccc3C2=O)cc1.O=S(=O)(O)c1ccccc1. The van der Waals surface area contributed by atoms with Gasteiger partial charge in [0.15, 0.2) is 0 Å². The average Bonchev–Trinajstić information content (AvgIpc) is 3.12. The Balaban J connectivity index is 0.000000243. The molecular formula is C24H23NO6S. The van der Waals surface area contributed by atoms with Crippen LogP contribution in [0.15, 0.2) is 83.8 Å². The van der Waals surface area contributed by atoms with Crippen molar-refractivity contribution in [3.05, 3.63) is 95.6 Å². The smallest absolute Gasteiger partial charge is 0.310 e. The first-order chi connectivity index (χ1) is 15.2. The van der Waals surface area contributed by atoms with E-state index < -0.39 is 22.0 Å². The third-order valence-corrected chi connectivity index (χ3v) is 6.04. The van der Waals surface area contributed by atoms with Crippen LogP contribution in [0.4, 0.5) is 5.69 Å². The first-order valence-corrected chi connectivity index (χ1v) is 11.4. The number of carbonyl (C=O) groups is 2. The first-order valence-electron chi connectivity index (χ1n) is 9.97. The number of rotatable bonds is 5. The zero-order valence-corrected chi connectivity index (χ0v) is 18.2. The monoisotopic (exact) mass is 453 g/mol. The number of carboxylic acids is 1. The van der Waals surface area contributed by atoms with Crippen LogP contribution in [0.5, 0.6) is 0 Å². The highest BCUT2D eigenvalue weighted by Gasteiger charge is 2.28. The number of carbonyl (C=O) groups excluding carboxylic acids is 1. The van der Waals surface area contributed by atoms with Gasteiger partial charge >= 0.3 is 5.97 Å². The van der Waals surface area contributed by atoms with Gasteiger partial charge in [-0.2, -0.15) is 8.42 Å². The van der Waals surface area contributed by atoms with Gasteiger partial charge in [0.1, 0.15) is 0 Å². The molecule has 8 heteroatoms. The largest absolute Gasteiger partial charge is 0.481 e. The van der Waals surface area contributed by atoms with Gasteiger partial charge in [0, 0.05) is 11.3 Å². The number of carboxylic acid groups (broad SMARTS) is 1. The van der Waals surface area contributed by atoms with Crippen LogP contribution in [-0.4, -0.2) is 30.0 Å². The van der Waals surface area contributed by atoms with E-state index in [1.165, 1.54) is 12.1 Å². The normalized spacial score (nSPS) is 13.7. The highest BCUT2D eigenvalue weighted by atomic mass is 32.2. The molecule has 4 rings (SSSR count). The molecule has 0 radical (unpaired) electrons. The summed E-state index contributed by atoms with van der Waals surface area (Å²) in [7, 11) is -4.00. The highest BCUT2D eigenvalue weighted by Crippen LogP contribution is 2.29. The quantitative estimate of drug-likeness (QED) is 0.555.